The molecule has 0 bridgehead atoms. The largest absolute Gasteiger partial charge is 0.368 e. The van der Waals surface area contributed by atoms with Crippen LogP contribution in [0, 0.1) is 0 Å². The molecule has 0 radical (unpaired) electrons. The second kappa shape index (κ2) is 3.67. The van der Waals surface area contributed by atoms with Crippen molar-refractivity contribution in [3.63, 3.8) is 0 Å². The van der Waals surface area contributed by atoms with Gasteiger partial charge in [-0.1, -0.05) is 0 Å². The Kier molecular flexibility index (Phi) is 2.59. The molecule has 88 valence electrons. The first-order valence-electron chi connectivity index (χ1n) is 5.03. The number of sulfonamides is 1. The molecule has 2 rings (SSSR count). The minimum Gasteiger partial charge on any atom is -0.368 e. The van der Waals surface area contributed by atoms with E-state index < -0.39 is 10.0 Å². The molecule has 1 aliphatic rings. The fourth-order valence-corrected chi connectivity index (χ4v) is 3.01. The average Bonchev–Trinajstić information content (AvgIpc) is 2.15. The molecule has 0 unspecified atom stereocenters. The van der Waals surface area contributed by atoms with Crippen LogP contribution in [-0.2, 0) is 10.0 Å². The zero-order chi connectivity index (χ0) is 11.8. The first-order chi connectivity index (χ1) is 7.41. The molecule has 3 N–H and O–H groups in total. The van der Waals surface area contributed by atoms with Gasteiger partial charge in [-0.2, -0.15) is 0 Å². The minimum atomic E-state index is -3.53. The summed E-state index contributed by atoms with van der Waals surface area (Å²) in [6.45, 7) is 1.90. The van der Waals surface area contributed by atoms with E-state index >= 15 is 0 Å². The number of hydrogen-bond donors (Lipinski definition) is 2. The number of nitrogen functional groups attached to an aromatic ring is 1. The zero-order valence-corrected chi connectivity index (χ0v) is 9.79. The fourth-order valence-electron chi connectivity index (χ4n) is 1.66. The van der Waals surface area contributed by atoms with Crippen LogP contribution in [0.5, 0.6) is 0 Å². The van der Waals surface area contributed by atoms with Gasteiger partial charge in [-0.25, -0.2) is 23.1 Å². The van der Waals surface area contributed by atoms with Crippen molar-refractivity contribution < 1.29 is 8.42 Å². The molecule has 6 nitrogen and oxygen atoms in total. The summed E-state index contributed by atoms with van der Waals surface area (Å²) in [6.07, 6.45) is 5.21. The van der Waals surface area contributed by atoms with Gasteiger partial charge in [-0.15, -0.1) is 0 Å². The van der Waals surface area contributed by atoms with Gasteiger partial charge in [0.1, 0.15) is 4.90 Å². The SMILES string of the molecule is CC1(NS(=O)(=O)c2cnc(N)nc2)CCC1. The van der Waals surface area contributed by atoms with Gasteiger partial charge in [-0.05, 0) is 26.2 Å². The predicted octanol–water partition coefficient (Wildman–Crippen LogP) is 0.280. The van der Waals surface area contributed by atoms with Crippen LogP contribution in [0.3, 0.4) is 0 Å². The van der Waals surface area contributed by atoms with E-state index in [2.05, 4.69) is 14.7 Å². The quantitative estimate of drug-likeness (QED) is 0.793. The lowest BCUT2D eigenvalue weighted by Crippen LogP contribution is -2.50. The highest BCUT2D eigenvalue weighted by Crippen LogP contribution is 2.32. The van der Waals surface area contributed by atoms with Crippen molar-refractivity contribution >= 4 is 16.0 Å². The lowest BCUT2D eigenvalue weighted by molar-refractivity contribution is 0.248. The number of rotatable bonds is 3. The second-order valence-corrected chi connectivity index (χ2v) is 5.98. The van der Waals surface area contributed by atoms with Crippen molar-refractivity contribution in [2.24, 2.45) is 0 Å². The number of nitrogens with zero attached hydrogens (tertiary/aromatic N) is 2. The van der Waals surface area contributed by atoms with Crippen LogP contribution < -0.4 is 10.5 Å². The Labute approximate surface area is 94.3 Å². The molecular formula is C9H14N4O2S. The third kappa shape index (κ3) is 2.14. The summed E-state index contributed by atoms with van der Waals surface area (Å²) < 4.78 is 26.5. The molecule has 7 heteroatoms. The van der Waals surface area contributed by atoms with Crippen LogP contribution in [0.25, 0.3) is 0 Å². The highest BCUT2D eigenvalue weighted by molar-refractivity contribution is 7.89. The number of anilines is 1. The molecule has 1 aromatic rings. The second-order valence-electron chi connectivity index (χ2n) is 4.30. The van der Waals surface area contributed by atoms with Gasteiger partial charge >= 0.3 is 0 Å². The summed E-state index contributed by atoms with van der Waals surface area (Å²) in [7, 11) is -3.53. The lowest BCUT2D eigenvalue weighted by atomic mass is 9.80. The van der Waals surface area contributed by atoms with Crippen LogP contribution in [0.2, 0.25) is 0 Å². The number of nitrogens with two attached hydrogens (primary N) is 1. The Hall–Kier alpha value is -1.21. The van der Waals surface area contributed by atoms with Crippen molar-refractivity contribution in [2.45, 2.75) is 36.6 Å². The molecule has 0 atom stereocenters. The topological polar surface area (TPSA) is 98.0 Å². The standard InChI is InChI=1S/C9H14N4O2S/c1-9(3-2-4-9)13-16(14,15)7-5-11-8(10)12-6-7/h5-6,13H,2-4H2,1H3,(H2,10,11,12). The summed E-state index contributed by atoms with van der Waals surface area (Å²) in [6, 6.07) is 0. The zero-order valence-electron chi connectivity index (χ0n) is 8.97. The van der Waals surface area contributed by atoms with E-state index in [1.165, 1.54) is 12.4 Å². The van der Waals surface area contributed by atoms with Gasteiger partial charge in [-0.3, -0.25) is 0 Å². The van der Waals surface area contributed by atoms with E-state index in [1.807, 2.05) is 6.92 Å². The highest BCUT2D eigenvalue weighted by atomic mass is 32.2. The maximum atomic E-state index is 11.9. The Balaban J connectivity index is 2.22. The van der Waals surface area contributed by atoms with E-state index in [4.69, 9.17) is 5.73 Å². The molecule has 1 aliphatic carbocycles. The van der Waals surface area contributed by atoms with Gasteiger partial charge in [0, 0.05) is 5.54 Å². The summed E-state index contributed by atoms with van der Waals surface area (Å²) >= 11 is 0. The number of hydrogen-bond acceptors (Lipinski definition) is 5. The molecular weight excluding hydrogens is 228 g/mol. The van der Waals surface area contributed by atoms with Crippen molar-refractivity contribution in [1.82, 2.24) is 14.7 Å². The van der Waals surface area contributed by atoms with E-state index in [9.17, 15) is 8.42 Å². The number of nitrogens with one attached hydrogen (secondary N) is 1. The van der Waals surface area contributed by atoms with Crippen molar-refractivity contribution in [2.75, 3.05) is 5.73 Å². The van der Waals surface area contributed by atoms with Gasteiger partial charge < -0.3 is 5.73 Å². The Morgan fingerprint density at radius 2 is 1.94 bits per heavy atom. The normalized spacial score (nSPS) is 19.1. The van der Waals surface area contributed by atoms with Crippen molar-refractivity contribution in [3.05, 3.63) is 12.4 Å². The Bertz CT molecular complexity index is 479. The Morgan fingerprint density at radius 3 is 2.38 bits per heavy atom. The molecule has 0 amide bonds. The van der Waals surface area contributed by atoms with E-state index in [1.54, 1.807) is 0 Å². The summed E-state index contributed by atoms with van der Waals surface area (Å²) in [5, 5.41) is 0. The van der Waals surface area contributed by atoms with Crippen LogP contribution in [0.1, 0.15) is 26.2 Å². The molecule has 1 aromatic heterocycles. The van der Waals surface area contributed by atoms with Gasteiger partial charge in [0.25, 0.3) is 0 Å². The van der Waals surface area contributed by atoms with Gasteiger partial charge in [0.2, 0.25) is 16.0 Å². The summed E-state index contributed by atoms with van der Waals surface area (Å²) in [5.41, 5.74) is 4.98. The van der Waals surface area contributed by atoms with E-state index in [0.717, 1.165) is 19.3 Å². The molecule has 16 heavy (non-hydrogen) atoms. The molecule has 1 heterocycles. The molecule has 1 saturated carbocycles. The average molecular weight is 242 g/mol. The Morgan fingerprint density at radius 1 is 1.38 bits per heavy atom. The van der Waals surface area contributed by atoms with Gasteiger partial charge in [0.05, 0.1) is 12.4 Å². The predicted molar refractivity (Wildman–Crippen MR) is 59.0 cm³/mol. The summed E-state index contributed by atoms with van der Waals surface area (Å²) in [5.74, 6) is 0.0637. The van der Waals surface area contributed by atoms with Crippen LogP contribution in [0.4, 0.5) is 5.95 Å². The van der Waals surface area contributed by atoms with E-state index in [-0.39, 0.29) is 16.4 Å². The third-order valence-corrected chi connectivity index (χ3v) is 4.39. The van der Waals surface area contributed by atoms with Crippen molar-refractivity contribution in [3.8, 4) is 0 Å². The number of aromatic nitrogens is 2. The first kappa shape index (κ1) is 11.3. The smallest absolute Gasteiger partial charge is 0.244 e. The monoisotopic (exact) mass is 242 g/mol. The van der Waals surface area contributed by atoms with Crippen LogP contribution >= 0.6 is 0 Å². The molecule has 0 aliphatic heterocycles. The lowest BCUT2D eigenvalue weighted by Gasteiger charge is -2.38. The van der Waals surface area contributed by atoms with Crippen LogP contribution in [-0.4, -0.2) is 23.9 Å². The first-order valence-corrected chi connectivity index (χ1v) is 6.51. The summed E-state index contributed by atoms with van der Waals surface area (Å²) in [4.78, 5) is 7.38. The minimum absolute atomic E-state index is 0.0508. The maximum Gasteiger partial charge on any atom is 0.244 e. The molecule has 0 aromatic carbocycles. The highest BCUT2D eigenvalue weighted by Gasteiger charge is 2.36. The maximum absolute atomic E-state index is 11.9. The fraction of sp³-hybridized carbons (Fsp3) is 0.556. The third-order valence-electron chi connectivity index (χ3n) is 2.80. The van der Waals surface area contributed by atoms with Gasteiger partial charge in [0.15, 0.2) is 0 Å². The van der Waals surface area contributed by atoms with E-state index in [0.29, 0.717) is 0 Å². The van der Waals surface area contributed by atoms with Crippen LogP contribution in [0.15, 0.2) is 17.3 Å². The molecule has 0 spiro atoms. The molecule has 0 saturated heterocycles. The molecule has 1 fully saturated rings. The van der Waals surface area contributed by atoms with Crippen molar-refractivity contribution in [1.29, 1.82) is 0 Å².